The molecule has 5 nitrogen and oxygen atoms in total. The fraction of sp³-hybridized carbons (Fsp3) is 0.385. The average Bonchev–Trinajstić information content (AvgIpc) is 2.90. The third kappa shape index (κ3) is 4.03. The standard InChI is InChI=1S/C13H16FN3O2S/c1-19-7-6-17-9-15-16-13(17)20-8-12(18)10-2-4-11(14)5-3-10/h2-5,9,12,18H,6-8H2,1H3. The molecule has 7 heteroatoms. The second-order valence-electron chi connectivity index (χ2n) is 4.18. The van der Waals surface area contributed by atoms with Gasteiger partial charge in [0.25, 0.3) is 0 Å². The van der Waals surface area contributed by atoms with Crippen LogP contribution in [0.15, 0.2) is 35.7 Å². The van der Waals surface area contributed by atoms with Crippen molar-refractivity contribution in [3.8, 4) is 0 Å². The zero-order chi connectivity index (χ0) is 14.4. The highest BCUT2D eigenvalue weighted by molar-refractivity contribution is 7.99. The van der Waals surface area contributed by atoms with Crippen molar-refractivity contribution in [1.82, 2.24) is 14.8 Å². The van der Waals surface area contributed by atoms with Gasteiger partial charge in [-0.25, -0.2) is 4.39 Å². The maximum atomic E-state index is 12.8. The Kier molecular flexibility index (Phi) is 5.51. The van der Waals surface area contributed by atoms with Crippen molar-refractivity contribution in [3.63, 3.8) is 0 Å². The summed E-state index contributed by atoms with van der Waals surface area (Å²) in [6.45, 7) is 1.24. The van der Waals surface area contributed by atoms with E-state index >= 15 is 0 Å². The summed E-state index contributed by atoms with van der Waals surface area (Å²) in [5.41, 5.74) is 0.682. The lowest BCUT2D eigenvalue weighted by atomic mass is 10.1. The number of rotatable bonds is 7. The number of ether oxygens (including phenoxy) is 1. The Bertz CT molecular complexity index is 533. The Morgan fingerprint density at radius 2 is 2.15 bits per heavy atom. The highest BCUT2D eigenvalue weighted by Gasteiger charge is 2.11. The number of aliphatic hydroxyl groups excluding tert-OH is 1. The van der Waals surface area contributed by atoms with E-state index in [1.165, 1.54) is 23.9 Å². The van der Waals surface area contributed by atoms with Gasteiger partial charge in [0.2, 0.25) is 0 Å². The molecule has 0 saturated carbocycles. The molecule has 108 valence electrons. The number of halogens is 1. The second kappa shape index (κ2) is 7.37. The minimum Gasteiger partial charge on any atom is -0.388 e. The lowest BCUT2D eigenvalue weighted by Gasteiger charge is -2.11. The van der Waals surface area contributed by atoms with E-state index in [9.17, 15) is 9.50 Å². The minimum absolute atomic E-state index is 0.312. The van der Waals surface area contributed by atoms with Crippen LogP contribution >= 0.6 is 11.8 Å². The van der Waals surface area contributed by atoms with Crippen LogP contribution in [-0.2, 0) is 11.3 Å². The monoisotopic (exact) mass is 297 g/mol. The van der Waals surface area contributed by atoms with E-state index in [2.05, 4.69) is 10.2 Å². The maximum absolute atomic E-state index is 12.8. The Morgan fingerprint density at radius 1 is 1.40 bits per heavy atom. The van der Waals surface area contributed by atoms with Crippen molar-refractivity contribution < 1.29 is 14.2 Å². The molecule has 0 radical (unpaired) electrons. The second-order valence-corrected chi connectivity index (χ2v) is 5.17. The highest BCUT2D eigenvalue weighted by atomic mass is 32.2. The smallest absolute Gasteiger partial charge is 0.191 e. The zero-order valence-electron chi connectivity index (χ0n) is 11.1. The van der Waals surface area contributed by atoms with Crippen molar-refractivity contribution in [3.05, 3.63) is 42.0 Å². The molecular formula is C13H16FN3O2S. The Labute approximate surface area is 120 Å². The molecule has 0 bridgehead atoms. The van der Waals surface area contributed by atoms with E-state index in [4.69, 9.17) is 4.74 Å². The minimum atomic E-state index is -0.673. The normalized spacial score (nSPS) is 12.6. The average molecular weight is 297 g/mol. The summed E-state index contributed by atoms with van der Waals surface area (Å²) in [6, 6.07) is 5.83. The number of nitrogens with zero attached hydrogens (tertiary/aromatic N) is 3. The van der Waals surface area contributed by atoms with Crippen LogP contribution in [0.3, 0.4) is 0 Å². The van der Waals surface area contributed by atoms with Crippen molar-refractivity contribution in [2.45, 2.75) is 17.8 Å². The van der Waals surface area contributed by atoms with Gasteiger partial charge in [-0.15, -0.1) is 10.2 Å². The molecule has 1 unspecified atom stereocenters. The first-order valence-electron chi connectivity index (χ1n) is 6.14. The van der Waals surface area contributed by atoms with Crippen LogP contribution in [0.4, 0.5) is 4.39 Å². The Balaban J connectivity index is 1.91. The summed E-state index contributed by atoms with van der Waals surface area (Å²) >= 11 is 1.40. The molecule has 0 spiro atoms. The molecule has 0 aliphatic heterocycles. The molecule has 1 N–H and O–H groups in total. The number of hydrogen-bond donors (Lipinski definition) is 1. The van der Waals surface area contributed by atoms with Crippen LogP contribution in [0.5, 0.6) is 0 Å². The fourth-order valence-electron chi connectivity index (χ4n) is 1.63. The van der Waals surface area contributed by atoms with Crippen LogP contribution in [0.1, 0.15) is 11.7 Å². The van der Waals surface area contributed by atoms with Gasteiger partial charge in [-0.1, -0.05) is 23.9 Å². The first-order valence-corrected chi connectivity index (χ1v) is 7.12. The molecule has 2 aromatic rings. The van der Waals surface area contributed by atoms with E-state index in [0.29, 0.717) is 24.5 Å². The van der Waals surface area contributed by atoms with Gasteiger partial charge in [-0.2, -0.15) is 0 Å². The van der Waals surface area contributed by atoms with E-state index in [-0.39, 0.29) is 5.82 Å². The SMILES string of the molecule is COCCn1cnnc1SCC(O)c1ccc(F)cc1. The summed E-state index contributed by atoms with van der Waals surface area (Å²) in [6.07, 6.45) is 0.958. The summed E-state index contributed by atoms with van der Waals surface area (Å²) in [4.78, 5) is 0. The zero-order valence-corrected chi connectivity index (χ0v) is 11.9. The van der Waals surface area contributed by atoms with Crippen molar-refractivity contribution in [2.75, 3.05) is 19.5 Å². The number of benzene rings is 1. The highest BCUT2D eigenvalue weighted by Crippen LogP contribution is 2.23. The van der Waals surface area contributed by atoms with Crippen molar-refractivity contribution in [1.29, 1.82) is 0 Å². The fourth-order valence-corrected chi connectivity index (χ4v) is 2.54. The van der Waals surface area contributed by atoms with Gasteiger partial charge in [-0.05, 0) is 17.7 Å². The largest absolute Gasteiger partial charge is 0.388 e. The van der Waals surface area contributed by atoms with Gasteiger partial charge < -0.3 is 14.4 Å². The van der Waals surface area contributed by atoms with Crippen LogP contribution in [0.25, 0.3) is 0 Å². The van der Waals surface area contributed by atoms with Gasteiger partial charge in [0.1, 0.15) is 12.1 Å². The van der Waals surface area contributed by atoms with E-state index in [1.54, 1.807) is 25.6 Å². The third-order valence-corrected chi connectivity index (χ3v) is 3.80. The van der Waals surface area contributed by atoms with Crippen LogP contribution in [0, 0.1) is 5.82 Å². The van der Waals surface area contributed by atoms with Gasteiger partial charge in [-0.3, -0.25) is 0 Å². The van der Waals surface area contributed by atoms with E-state index in [1.807, 2.05) is 4.57 Å². The predicted octanol–water partition coefficient (Wildman–Crippen LogP) is 1.89. The summed E-state index contributed by atoms with van der Waals surface area (Å²) in [5.74, 6) is 0.116. The lowest BCUT2D eigenvalue weighted by molar-refractivity contribution is 0.184. The lowest BCUT2D eigenvalue weighted by Crippen LogP contribution is -2.06. The quantitative estimate of drug-likeness (QED) is 0.791. The molecular weight excluding hydrogens is 281 g/mol. The Morgan fingerprint density at radius 3 is 2.85 bits per heavy atom. The molecule has 0 saturated heterocycles. The molecule has 2 rings (SSSR count). The van der Waals surface area contributed by atoms with Gasteiger partial charge in [0, 0.05) is 19.4 Å². The topological polar surface area (TPSA) is 60.2 Å². The number of thioether (sulfide) groups is 1. The van der Waals surface area contributed by atoms with Gasteiger partial charge in [0.05, 0.1) is 12.7 Å². The molecule has 1 aromatic heterocycles. The van der Waals surface area contributed by atoms with Crippen molar-refractivity contribution >= 4 is 11.8 Å². The summed E-state index contributed by atoms with van der Waals surface area (Å²) in [7, 11) is 1.63. The predicted molar refractivity (Wildman–Crippen MR) is 74.0 cm³/mol. The number of methoxy groups -OCH3 is 1. The summed E-state index contributed by atoms with van der Waals surface area (Å²) < 4.78 is 19.7. The van der Waals surface area contributed by atoms with E-state index < -0.39 is 6.10 Å². The number of hydrogen-bond acceptors (Lipinski definition) is 5. The molecule has 20 heavy (non-hydrogen) atoms. The first-order chi connectivity index (χ1) is 9.70. The molecule has 1 atom stereocenters. The first kappa shape index (κ1) is 15.0. The van der Waals surface area contributed by atoms with Crippen LogP contribution in [-0.4, -0.2) is 39.3 Å². The maximum Gasteiger partial charge on any atom is 0.191 e. The molecule has 1 aromatic carbocycles. The molecule has 0 aliphatic rings. The van der Waals surface area contributed by atoms with Crippen LogP contribution in [0.2, 0.25) is 0 Å². The number of aromatic nitrogens is 3. The van der Waals surface area contributed by atoms with Gasteiger partial charge in [0.15, 0.2) is 5.16 Å². The summed E-state index contributed by atoms with van der Waals surface area (Å²) in [5, 5.41) is 18.6. The van der Waals surface area contributed by atoms with Crippen LogP contribution < -0.4 is 0 Å². The number of aliphatic hydroxyl groups is 1. The Hall–Kier alpha value is -1.44. The molecule has 0 fully saturated rings. The van der Waals surface area contributed by atoms with Crippen molar-refractivity contribution in [2.24, 2.45) is 0 Å². The molecule has 1 heterocycles. The van der Waals surface area contributed by atoms with E-state index in [0.717, 1.165) is 5.16 Å². The molecule has 0 amide bonds. The third-order valence-electron chi connectivity index (χ3n) is 2.74. The molecule has 0 aliphatic carbocycles. The van der Waals surface area contributed by atoms with Gasteiger partial charge >= 0.3 is 0 Å².